The van der Waals surface area contributed by atoms with E-state index >= 15 is 0 Å². The number of amides is 1. The molecule has 1 N–H and O–H groups in total. The van der Waals surface area contributed by atoms with Crippen molar-refractivity contribution in [1.82, 2.24) is 19.7 Å². The van der Waals surface area contributed by atoms with Crippen molar-refractivity contribution in [2.24, 2.45) is 0 Å². The maximum Gasteiger partial charge on any atom is 0.236 e. The van der Waals surface area contributed by atoms with Crippen LogP contribution in [0.4, 0.5) is 5.13 Å². The molecule has 2 aromatic carbocycles. The number of benzene rings is 2. The Morgan fingerprint density at radius 2 is 1.90 bits per heavy atom. The van der Waals surface area contributed by atoms with E-state index in [0.717, 1.165) is 28.5 Å². The fraction of sp³-hybridized carbons (Fsp3) is 0.143. The summed E-state index contributed by atoms with van der Waals surface area (Å²) in [5.74, 6) is 1.58. The summed E-state index contributed by atoms with van der Waals surface area (Å²) in [5, 5.41) is 14.4. The molecule has 7 nitrogen and oxygen atoms in total. The molecule has 9 heteroatoms. The minimum Gasteiger partial charge on any atom is -0.497 e. The molecule has 1 amide bonds. The van der Waals surface area contributed by atoms with Crippen LogP contribution in [0.5, 0.6) is 5.75 Å². The van der Waals surface area contributed by atoms with Crippen LogP contribution in [0.25, 0.3) is 16.9 Å². The van der Waals surface area contributed by atoms with E-state index in [2.05, 4.69) is 20.5 Å². The highest BCUT2D eigenvalue weighted by Gasteiger charge is 2.14. The van der Waals surface area contributed by atoms with Crippen LogP contribution < -0.4 is 10.1 Å². The van der Waals surface area contributed by atoms with Gasteiger partial charge in [-0.3, -0.25) is 9.36 Å². The van der Waals surface area contributed by atoms with E-state index in [9.17, 15) is 4.79 Å². The highest BCUT2D eigenvalue weighted by Crippen LogP contribution is 2.26. The predicted octanol–water partition coefficient (Wildman–Crippen LogP) is 4.44. The summed E-state index contributed by atoms with van der Waals surface area (Å²) >= 11 is 2.73. The van der Waals surface area contributed by atoms with E-state index in [1.165, 1.54) is 23.1 Å². The van der Waals surface area contributed by atoms with Crippen molar-refractivity contribution in [3.63, 3.8) is 0 Å². The number of anilines is 1. The number of carbonyl (C=O) groups excluding carboxylic acids is 1. The number of nitrogens with one attached hydrogen (secondary N) is 1. The summed E-state index contributed by atoms with van der Waals surface area (Å²) in [6, 6.07) is 17.5. The molecular formula is C21H19N5O2S2. The predicted molar refractivity (Wildman–Crippen MR) is 120 cm³/mol. The van der Waals surface area contributed by atoms with E-state index < -0.39 is 0 Å². The van der Waals surface area contributed by atoms with Crippen LogP contribution in [0.1, 0.15) is 5.82 Å². The number of ether oxygens (including phenoxy) is 1. The van der Waals surface area contributed by atoms with Crippen molar-refractivity contribution in [2.75, 3.05) is 18.2 Å². The Morgan fingerprint density at radius 3 is 2.63 bits per heavy atom. The van der Waals surface area contributed by atoms with Crippen LogP contribution in [0.2, 0.25) is 0 Å². The molecule has 152 valence electrons. The number of rotatable bonds is 7. The van der Waals surface area contributed by atoms with Crippen molar-refractivity contribution in [3.05, 3.63) is 65.8 Å². The fourth-order valence-corrected chi connectivity index (χ4v) is 4.36. The number of nitrogens with zero attached hydrogens (tertiary/aromatic N) is 4. The van der Waals surface area contributed by atoms with Crippen LogP contribution >= 0.6 is 23.1 Å². The fourth-order valence-electron chi connectivity index (χ4n) is 2.82. The highest BCUT2D eigenvalue weighted by atomic mass is 32.2. The molecule has 4 aromatic rings. The van der Waals surface area contributed by atoms with E-state index in [0.29, 0.717) is 10.3 Å². The normalized spacial score (nSPS) is 10.7. The van der Waals surface area contributed by atoms with Gasteiger partial charge in [0.25, 0.3) is 0 Å². The average Bonchev–Trinajstić information content (AvgIpc) is 3.39. The number of thioether (sulfide) groups is 1. The van der Waals surface area contributed by atoms with Gasteiger partial charge in [0.1, 0.15) is 11.6 Å². The summed E-state index contributed by atoms with van der Waals surface area (Å²) < 4.78 is 7.12. The molecule has 30 heavy (non-hydrogen) atoms. The van der Waals surface area contributed by atoms with Crippen molar-refractivity contribution < 1.29 is 9.53 Å². The third kappa shape index (κ3) is 4.52. The van der Waals surface area contributed by atoms with Crippen LogP contribution in [0, 0.1) is 6.92 Å². The third-order valence-electron chi connectivity index (χ3n) is 4.28. The molecule has 0 spiro atoms. The Morgan fingerprint density at radius 1 is 1.13 bits per heavy atom. The van der Waals surface area contributed by atoms with Crippen molar-refractivity contribution >= 4 is 34.1 Å². The van der Waals surface area contributed by atoms with E-state index in [-0.39, 0.29) is 11.7 Å². The minimum atomic E-state index is -0.143. The second-order valence-corrected chi connectivity index (χ2v) is 8.10. The summed E-state index contributed by atoms with van der Waals surface area (Å²) in [6.45, 7) is 1.88. The summed E-state index contributed by atoms with van der Waals surface area (Å²) in [5.41, 5.74) is 2.78. The molecule has 4 rings (SSSR count). The molecule has 0 atom stereocenters. The summed E-state index contributed by atoms with van der Waals surface area (Å²) in [4.78, 5) is 16.9. The molecule has 0 unspecified atom stereocenters. The monoisotopic (exact) mass is 437 g/mol. The Kier molecular flexibility index (Phi) is 6.10. The smallest absolute Gasteiger partial charge is 0.236 e. The first-order chi connectivity index (χ1) is 14.6. The van der Waals surface area contributed by atoms with Gasteiger partial charge in [-0.2, -0.15) is 0 Å². The standard InChI is InChI=1S/C21H19N5O2S2/c1-14-24-25-21(26(14)16-8-10-17(28-2)11-9-16)30-13-19(27)23-20-22-18(12-29-20)15-6-4-3-5-7-15/h3-12H,13H2,1-2H3,(H,22,23,27). The van der Waals surface area contributed by atoms with Crippen LogP contribution in [-0.2, 0) is 4.79 Å². The Bertz CT molecular complexity index is 1140. The van der Waals surface area contributed by atoms with Gasteiger partial charge in [-0.1, -0.05) is 42.1 Å². The Labute approximate surface area is 182 Å². The summed E-state index contributed by atoms with van der Waals surface area (Å²) in [6.07, 6.45) is 0. The second kappa shape index (κ2) is 9.10. The zero-order valence-electron chi connectivity index (χ0n) is 16.4. The van der Waals surface area contributed by atoms with Crippen molar-refractivity contribution in [2.45, 2.75) is 12.1 Å². The van der Waals surface area contributed by atoms with Gasteiger partial charge < -0.3 is 10.1 Å². The molecular weight excluding hydrogens is 418 g/mol. The molecule has 0 fully saturated rings. The lowest BCUT2D eigenvalue weighted by Gasteiger charge is -2.09. The SMILES string of the molecule is COc1ccc(-n2c(C)nnc2SCC(=O)Nc2nc(-c3ccccc3)cs2)cc1. The van der Waals surface area contributed by atoms with E-state index in [1.807, 2.05) is 71.5 Å². The van der Waals surface area contributed by atoms with Crippen LogP contribution in [0.15, 0.2) is 65.1 Å². The number of hydrogen-bond donors (Lipinski definition) is 1. The minimum absolute atomic E-state index is 0.143. The Hall–Kier alpha value is -3.17. The molecule has 0 aliphatic carbocycles. The molecule has 2 aromatic heterocycles. The number of methoxy groups -OCH3 is 1. The zero-order valence-corrected chi connectivity index (χ0v) is 18.0. The zero-order chi connectivity index (χ0) is 20.9. The first-order valence-electron chi connectivity index (χ1n) is 9.14. The third-order valence-corrected chi connectivity index (χ3v) is 5.96. The topological polar surface area (TPSA) is 81.9 Å². The van der Waals surface area contributed by atoms with Gasteiger partial charge >= 0.3 is 0 Å². The lowest BCUT2D eigenvalue weighted by molar-refractivity contribution is -0.113. The van der Waals surface area contributed by atoms with Crippen LogP contribution in [-0.4, -0.2) is 38.5 Å². The van der Waals surface area contributed by atoms with Gasteiger partial charge in [-0.15, -0.1) is 21.5 Å². The second-order valence-electron chi connectivity index (χ2n) is 6.30. The van der Waals surface area contributed by atoms with Gasteiger partial charge in [0.05, 0.1) is 18.6 Å². The number of thiazole rings is 1. The van der Waals surface area contributed by atoms with E-state index in [4.69, 9.17) is 4.74 Å². The maximum atomic E-state index is 12.4. The van der Waals surface area contributed by atoms with Crippen molar-refractivity contribution in [1.29, 1.82) is 0 Å². The first-order valence-corrected chi connectivity index (χ1v) is 11.0. The van der Waals surface area contributed by atoms with Crippen LogP contribution in [0.3, 0.4) is 0 Å². The number of hydrogen-bond acceptors (Lipinski definition) is 7. The van der Waals surface area contributed by atoms with E-state index in [1.54, 1.807) is 7.11 Å². The first kappa shape index (κ1) is 20.1. The number of aryl methyl sites for hydroxylation is 1. The largest absolute Gasteiger partial charge is 0.497 e. The van der Waals surface area contributed by atoms with Gasteiger partial charge in [0.2, 0.25) is 5.91 Å². The van der Waals surface area contributed by atoms with Gasteiger partial charge in [0, 0.05) is 16.6 Å². The van der Waals surface area contributed by atoms with Gasteiger partial charge in [-0.25, -0.2) is 4.98 Å². The number of aromatic nitrogens is 4. The number of carbonyl (C=O) groups is 1. The highest BCUT2D eigenvalue weighted by molar-refractivity contribution is 7.99. The lowest BCUT2D eigenvalue weighted by Crippen LogP contribution is -2.14. The molecule has 0 aliphatic heterocycles. The molecule has 0 bridgehead atoms. The average molecular weight is 438 g/mol. The van der Waals surface area contributed by atoms with Crippen molar-refractivity contribution in [3.8, 4) is 22.7 Å². The van der Waals surface area contributed by atoms with Gasteiger partial charge in [0.15, 0.2) is 10.3 Å². The molecule has 2 heterocycles. The molecule has 0 aliphatic rings. The summed E-state index contributed by atoms with van der Waals surface area (Å²) in [7, 11) is 1.63. The maximum absolute atomic E-state index is 12.4. The van der Waals surface area contributed by atoms with Gasteiger partial charge in [-0.05, 0) is 31.2 Å². The molecule has 0 radical (unpaired) electrons. The molecule has 0 saturated heterocycles. The Balaban J connectivity index is 1.40. The molecule has 0 saturated carbocycles. The quantitative estimate of drug-likeness (QED) is 0.431. The lowest BCUT2D eigenvalue weighted by atomic mass is 10.2.